The fraction of sp³-hybridized carbons (Fsp3) is 0.250. The quantitative estimate of drug-likeness (QED) is 0.673. The van der Waals surface area contributed by atoms with Gasteiger partial charge in [-0.05, 0) is 49.7 Å². The van der Waals surface area contributed by atoms with Crippen LogP contribution in [0.25, 0.3) is 11.0 Å². The zero-order valence-electron chi connectivity index (χ0n) is 13.4. The highest BCUT2D eigenvalue weighted by molar-refractivity contribution is 6.17. The maximum Gasteiger partial charge on any atom is 0.197 e. The Hall–Kier alpha value is -2.55. The summed E-state index contributed by atoms with van der Waals surface area (Å²) < 4.78 is 5.95. The average molecular weight is 308 g/mol. The van der Waals surface area contributed by atoms with E-state index in [0.717, 1.165) is 41.6 Å². The van der Waals surface area contributed by atoms with Crippen LogP contribution >= 0.6 is 0 Å². The van der Waals surface area contributed by atoms with Crippen molar-refractivity contribution in [2.75, 3.05) is 0 Å². The molecule has 3 heteroatoms. The summed E-state index contributed by atoms with van der Waals surface area (Å²) in [6.07, 6.45) is 2.78. The SMILES string of the molecule is CCCCc1oc2ccc(C)cc2c1C(=O)c1ccc(O)cc1. The number of phenolic OH excluding ortho intramolecular Hbond substituents is 1. The lowest BCUT2D eigenvalue weighted by Gasteiger charge is -2.03. The Morgan fingerprint density at radius 3 is 2.57 bits per heavy atom. The first-order valence-electron chi connectivity index (χ1n) is 7.96. The number of aryl methyl sites for hydroxylation is 2. The van der Waals surface area contributed by atoms with E-state index in [0.29, 0.717) is 11.1 Å². The van der Waals surface area contributed by atoms with Gasteiger partial charge in [0.2, 0.25) is 0 Å². The van der Waals surface area contributed by atoms with Gasteiger partial charge >= 0.3 is 0 Å². The third-order valence-corrected chi connectivity index (χ3v) is 4.03. The monoisotopic (exact) mass is 308 g/mol. The number of carbonyl (C=O) groups is 1. The summed E-state index contributed by atoms with van der Waals surface area (Å²) >= 11 is 0. The lowest BCUT2D eigenvalue weighted by atomic mass is 9.97. The largest absolute Gasteiger partial charge is 0.508 e. The van der Waals surface area contributed by atoms with Gasteiger partial charge in [-0.25, -0.2) is 0 Å². The van der Waals surface area contributed by atoms with Crippen LogP contribution in [0.1, 0.15) is 47.0 Å². The van der Waals surface area contributed by atoms with E-state index in [2.05, 4.69) is 6.92 Å². The minimum Gasteiger partial charge on any atom is -0.508 e. The lowest BCUT2D eigenvalue weighted by Crippen LogP contribution is -2.03. The molecule has 0 aliphatic carbocycles. The Bertz CT molecular complexity index is 841. The molecule has 0 aliphatic rings. The topological polar surface area (TPSA) is 50.4 Å². The van der Waals surface area contributed by atoms with Gasteiger partial charge in [0.25, 0.3) is 0 Å². The Kier molecular flexibility index (Phi) is 4.20. The molecule has 0 amide bonds. The van der Waals surface area contributed by atoms with E-state index in [9.17, 15) is 9.90 Å². The number of unbranched alkanes of at least 4 members (excludes halogenated alkanes) is 1. The molecule has 0 radical (unpaired) electrons. The second-order valence-electron chi connectivity index (χ2n) is 5.88. The van der Waals surface area contributed by atoms with Gasteiger partial charge < -0.3 is 9.52 Å². The van der Waals surface area contributed by atoms with E-state index in [1.54, 1.807) is 12.1 Å². The van der Waals surface area contributed by atoms with Gasteiger partial charge in [-0.1, -0.05) is 25.0 Å². The number of hydrogen-bond acceptors (Lipinski definition) is 3. The number of phenols is 1. The van der Waals surface area contributed by atoms with E-state index in [1.807, 2.05) is 25.1 Å². The molecule has 2 aromatic carbocycles. The first kappa shape index (κ1) is 15.3. The van der Waals surface area contributed by atoms with E-state index in [4.69, 9.17) is 4.42 Å². The van der Waals surface area contributed by atoms with Gasteiger partial charge in [0.15, 0.2) is 5.78 Å². The fourth-order valence-corrected chi connectivity index (χ4v) is 2.78. The highest BCUT2D eigenvalue weighted by Gasteiger charge is 2.21. The average Bonchev–Trinajstić information content (AvgIpc) is 2.90. The van der Waals surface area contributed by atoms with Crippen molar-refractivity contribution in [1.29, 1.82) is 0 Å². The second kappa shape index (κ2) is 6.29. The predicted molar refractivity (Wildman–Crippen MR) is 91.1 cm³/mol. The zero-order valence-corrected chi connectivity index (χ0v) is 13.4. The van der Waals surface area contributed by atoms with Crippen molar-refractivity contribution >= 4 is 16.8 Å². The molecule has 3 nitrogen and oxygen atoms in total. The summed E-state index contributed by atoms with van der Waals surface area (Å²) in [6.45, 7) is 4.13. The molecule has 1 heterocycles. The van der Waals surface area contributed by atoms with Gasteiger partial charge in [-0.15, -0.1) is 0 Å². The Balaban J connectivity index is 2.14. The highest BCUT2D eigenvalue weighted by Crippen LogP contribution is 2.30. The van der Waals surface area contributed by atoms with E-state index in [1.165, 1.54) is 12.1 Å². The van der Waals surface area contributed by atoms with Crippen molar-refractivity contribution in [3.8, 4) is 5.75 Å². The summed E-state index contributed by atoms with van der Waals surface area (Å²) in [4.78, 5) is 13.0. The van der Waals surface area contributed by atoms with Crippen LogP contribution in [0, 0.1) is 6.92 Å². The molecule has 1 aromatic heterocycles. The summed E-state index contributed by atoms with van der Waals surface area (Å²) in [5, 5.41) is 10.3. The normalized spacial score (nSPS) is 11.0. The Morgan fingerprint density at radius 1 is 1.13 bits per heavy atom. The number of furan rings is 1. The molecule has 0 spiro atoms. The molecular formula is C20H20O3. The molecule has 118 valence electrons. The summed E-state index contributed by atoms with van der Waals surface area (Å²) in [5.41, 5.74) is 3.07. The highest BCUT2D eigenvalue weighted by atomic mass is 16.3. The maximum absolute atomic E-state index is 13.0. The first-order chi connectivity index (χ1) is 11.1. The van der Waals surface area contributed by atoms with Gasteiger partial charge in [0.05, 0.1) is 5.56 Å². The zero-order chi connectivity index (χ0) is 16.4. The number of carbonyl (C=O) groups excluding carboxylic acids is 1. The third kappa shape index (κ3) is 3.00. The molecule has 0 unspecified atom stereocenters. The van der Waals surface area contributed by atoms with Gasteiger partial charge in [-0.2, -0.15) is 0 Å². The minimum atomic E-state index is -0.0551. The minimum absolute atomic E-state index is 0.0551. The molecule has 1 N–H and O–H groups in total. The van der Waals surface area contributed by atoms with Crippen molar-refractivity contribution in [1.82, 2.24) is 0 Å². The van der Waals surface area contributed by atoms with Gasteiger partial charge in [-0.3, -0.25) is 4.79 Å². The molecule has 0 bridgehead atoms. The second-order valence-corrected chi connectivity index (χ2v) is 5.88. The van der Waals surface area contributed by atoms with Crippen LogP contribution in [0.5, 0.6) is 5.75 Å². The van der Waals surface area contributed by atoms with Crippen molar-refractivity contribution in [2.24, 2.45) is 0 Å². The maximum atomic E-state index is 13.0. The van der Waals surface area contributed by atoms with Crippen LogP contribution in [0.2, 0.25) is 0 Å². The Morgan fingerprint density at radius 2 is 1.87 bits per heavy atom. The Labute approximate surface area is 135 Å². The van der Waals surface area contributed by atoms with E-state index >= 15 is 0 Å². The lowest BCUT2D eigenvalue weighted by molar-refractivity contribution is 0.103. The predicted octanol–water partition coefficient (Wildman–Crippen LogP) is 5.02. The van der Waals surface area contributed by atoms with Crippen molar-refractivity contribution in [3.63, 3.8) is 0 Å². The van der Waals surface area contributed by atoms with Crippen LogP contribution in [0.15, 0.2) is 46.9 Å². The van der Waals surface area contributed by atoms with Crippen LogP contribution in [0.3, 0.4) is 0 Å². The molecule has 3 rings (SSSR count). The number of aromatic hydroxyl groups is 1. The van der Waals surface area contributed by atoms with Crippen molar-refractivity contribution in [3.05, 3.63) is 64.9 Å². The summed E-state index contributed by atoms with van der Waals surface area (Å²) in [7, 11) is 0. The van der Waals surface area contributed by atoms with E-state index in [-0.39, 0.29) is 11.5 Å². The number of ketones is 1. The van der Waals surface area contributed by atoms with Crippen LogP contribution in [-0.2, 0) is 6.42 Å². The fourth-order valence-electron chi connectivity index (χ4n) is 2.78. The summed E-state index contributed by atoms with van der Waals surface area (Å²) in [6, 6.07) is 12.3. The molecule has 0 fully saturated rings. The molecule has 3 aromatic rings. The van der Waals surface area contributed by atoms with Crippen LogP contribution in [0.4, 0.5) is 0 Å². The molecule has 23 heavy (non-hydrogen) atoms. The third-order valence-electron chi connectivity index (χ3n) is 4.03. The van der Waals surface area contributed by atoms with E-state index < -0.39 is 0 Å². The van der Waals surface area contributed by atoms with Crippen molar-refractivity contribution in [2.45, 2.75) is 33.1 Å². The van der Waals surface area contributed by atoms with Crippen LogP contribution < -0.4 is 0 Å². The number of hydrogen-bond donors (Lipinski definition) is 1. The smallest absolute Gasteiger partial charge is 0.197 e. The van der Waals surface area contributed by atoms with Gasteiger partial charge in [0.1, 0.15) is 17.1 Å². The van der Waals surface area contributed by atoms with Crippen molar-refractivity contribution < 1.29 is 14.3 Å². The molecule has 0 aliphatic heterocycles. The first-order valence-corrected chi connectivity index (χ1v) is 7.96. The number of fused-ring (bicyclic) bond motifs is 1. The standard InChI is InChI=1S/C20H20O3/c1-3-4-5-18-19(16-12-13(2)6-11-17(16)23-18)20(22)14-7-9-15(21)10-8-14/h6-12,21H,3-5H2,1-2H3. The molecule has 0 saturated heterocycles. The van der Waals surface area contributed by atoms with Crippen LogP contribution in [-0.4, -0.2) is 10.9 Å². The number of rotatable bonds is 5. The summed E-state index contributed by atoms with van der Waals surface area (Å²) in [5.74, 6) is 0.853. The molecule has 0 saturated carbocycles. The number of benzene rings is 2. The van der Waals surface area contributed by atoms with Gasteiger partial charge in [0, 0.05) is 17.4 Å². The molecular weight excluding hydrogens is 288 g/mol. The molecule has 0 atom stereocenters.